The fourth-order valence-corrected chi connectivity index (χ4v) is 2.41. The van der Waals surface area contributed by atoms with Crippen LogP contribution in [0.2, 0.25) is 0 Å². The Labute approximate surface area is 103 Å². The van der Waals surface area contributed by atoms with Crippen LogP contribution < -0.4 is 0 Å². The summed E-state index contributed by atoms with van der Waals surface area (Å²) < 4.78 is 0. The molecule has 0 N–H and O–H groups in total. The van der Waals surface area contributed by atoms with Gasteiger partial charge in [-0.1, -0.05) is 19.9 Å². The molecule has 0 aromatic carbocycles. The van der Waals surface area contributed by atoms with Gasteiger partial charge in [-0.25, -0.2) is 0 Å². The van der Waals surface area contributed by atoms with Crippen LogP contribution in [-0.2, 0) is 6.42 Å². The zero-order valence-corrected chi connectivity index (χ0v) is 11.6. The van der Waals surface area contributed by atoms with Crippen molar-refractivity contribution in [1.82, 2.24) is 4.90 Å². The van der Waals surface area contributed by atoms with Crippen molar-refractivity contribution in [3.63, 3.8) is 0 Å². The quantitative estimate of drug-likeness (QED) is 0.751. The summed E-state index contributed by atoms with van der Waals surface area (Å²) in [5, 5.41) is 2.15. The van der Waals surface area contributed by atoms with E-state index in [9.17, 15) is 0 Å². The molecule has 15 heavy (non-hydrogen) atoms. The lowest BCUT2D eigenvalue weighted by atomic mass is 9.96. The Bertz CT molecular complexity index is 267. The molecule has 0 radical (unpaired) electrons. The van der Waals surface area contributed by atoms with Gasteiger partial charge >= 0.3 is 0 Å². The lowest BCUT2D eigenvalue weighted by Crippen LogP contribution is -2.33. The highest BCUT2D eigenvalue weighted by molar-refractivity contribution is 7.80. The Hall–Kier alpha value is 0.01000. The molecule has 0 fully saturated rings. The molecular weight excluding hydrogens is 222 g/mol. The van der Waals surface area contributed by atoms with Crippen LogP contribution >= 0.6 is 24.0 Å². The maximum Gasteiger partial charge on any atom is 0.00579 e. The van der Waals surface area contributed by atoms with E-state index in [0.29, 0.717) is 5.41 Å². The summed E-state index contributed by atoms with van der Waals surface area (Å²) in [6.45, 7) is 6.78. The Kier molecular flexibility index (Phi) is 5.16. The number of hydrogen-bond donors (Lipinski definition) is 1. The minimum Gasteiger partial charge on any atom is -0.305 e. The molecule has 0 aliphatic heterocycles. The predicted molar refractivity (Wildman–Crippen MR) is 73.2 cm³/mol. The van der Waals surface area contributed by atoms with Crippen LogP contribution in [0.4, 0.5) is 0 Å². The highest BCUT2D eigenvalue weighted by Crippen LogP contribution is 2.18. The number of hydrogen-bond acceptors (Lipinski definition) is 3. The molecule has 1 rings (SSSR count). The predicted octanol–water partition coefficient (Wildman–Crippen LogP) is 3.18. The number of rotatable bonds is 6. The number of likely N-dealkylation sites (N-methyl/N-ethyl adjacent to an activating group) is 1. The van der Waals surface area contributed by atoms with Crippen molar-refractivity contribution in [2.24, 2.45) is 5.41 Å². The van der Waals surface area contributed by atoms with E-state index in [0.717, 1.165) is 25.3 Å². The highest BCUT2D eigenvalue weighted by atomic mass is 32.1. The van der Waals surface area contributed by atoms with Crippen molar-refractivity contribution in [3.8, 4) is 0 Å². The van der Waals surface area contributed by atoms with Gasteiger partial charge in [0.25, 0.3) is 0 Å². The molecule has 1 nitrogen and oxygen atoms in total. The monoisotopic (exact) mass is 243 g/mol. The summed E-state index contributed by atoms with van der Waals surface area (Å²) >= 11 is 6.23. The lowest BCUT2D eigenvalue weighted by Gasteiger charge is -2.28. The van der Waals surface area contributed by atoms with Crippen LogP contribution in [0.1, 0.15) is 18.7 Å². The Morgan fingerprint density at radius 3 is 2.73 bits per heavy atom. The number of thiophene rings is 1. The molecule has 86 valence electrons. The Balaban J connectivity index is 2.27. The smallest absolute Gasteiger partial charge is 0.00579 e. The van der Waals surface area contributed by atoms with E-state index in [1.54, 1.807) is 0 Å². The van der Waals surface area contributed by atoms with Gasteiger partial charge in [0.2, 0.25) is 0 Å². The van der Waals surface area contributed by atoms with Crippen molar-refractivity contribution in [3.05, 3.63) is 22.4 Å². The Morgan fingerprint density at radius 1 is 1.47 bits per heavy atom. The van der Waals surface area contributed by atoms with Crippen LogP contribution in [0.5, 0.6) is 0 Å². The summed E-state index contributed by atoms with van der Waals surface area (Å²) in [4.78, 5) is 3.88. The van der Waals surface area contributed by atoms with Crippen LogP contribution in [0.25, 0.3) is 0 Å². The molecule has 0 bridgehead atoms. The minimum absolute atomic E-state index is 0.313. The summed E-state index contributed by atoms with van der Waals surface area (Å²) in [7, 11) is 2.19. The molecule has 1 aromatic rings. The van der Waals surface area contributed by atoms with Crippen molar-refractivity contribution in [2.45, 2.75) is 20.3 Å². The molecule has 3 heteroatoms. The first kappa shape index (κ1) is 13.1. The molecular formula is C12H21NS2. The van der Waals surface area contributed by atoms with Gasteiger partial charge in [0, 0.05) is 18.0 Å². The average Bonchev–Trinajstić information content (AvgIpc) is 2.66. The van der Waals surface area contributed by atoms with Crippen molar-refractivity contribution in [2.75, 3.05) is 25.9 Å². The first-order valence-corrected chi connectivity index (χ1v) is 6.86. The third-order valence-corrected chi connectivity index (χ3v) is 4.24. The van der Waals surface area contributed by atoms with Gasteiger partial charge < -0.3 is 4.90 Å². The van der Waals surface area contributed by atoms with E-state index in [4.69, 9.17) is 0 Å². The molecule has 0 saturated carbocycles. The van der Waals surface area contributed by atoms with Crippen molar-refractivity contribution in [1.29, 1.82) is 0 Å². The average molecular weight is 243 g/mol. The number of thiol groups is 1. The van der Waals surface area contributed by atoms with Gasteiger partial charge in [-0.3, -0.25) is 0 Å². The molecule has 1 aromatic heterocycles. The third-order valence-electron chi connectivity index (χ3n) is 2.45. The molecule has 1 heterocycles. The third kappa shape index (κ3) is 5.05. The van der Waals surface area contributed by atoms with Gasteiger partial charge in [0.05, 0.1) is 0 Å². The van der Waals surface area contributed by atoms with E-state index >= 15 is 0 Å². The van der Waals surface area contributed by atoms with Crippen LogP contribution in [0.3, 0.4) is 0 Å². The normalized spacial score (nSPS) is 12.3. The SMILES string of the molecule is CN(CCc1cccs1)CC(C)(C)CS. The van der Waals surface area contributed by atoms with Gasteiger partial charge in [-0.15, -0.1) is 11.3 Å². The van der Waals surface area contributed by atoms with E-state index in [-0.39, 0.29) is 0 Å². The molecule has 0 unspecified atom stereocenters. The molecule has 0 aliphatic carbocycles. The molecule has 0 amide bonds. The fraction of sp³-hybridized carbons (Fsp3) is 0.667. The Morgan fingerprint density at radius 2 is 2.20 bits per heavy atom. The minimum atomic E-state index is 0.313. The largest absolute Gasteiger partial charge is 0.305 e. The summed E-state index contributed by atoms with van der Waals surface area (Å²) in [6.07, 6.45) is 1.16. The van der Waals surface area contributed by atoms with Crippen molar-refractivity contribution < 1.29 is 0 Å². The molecule has 0 aliphatic rings. The van der Waals surface area contributed by atoms with E-state index in [1.165, 1.54) is 4.88 Å². The number of nitrogens with zero attached hydrogens (tertiary/aromatic N) is 1. The molecule has 0 spiro atoms. The van der Waals surface area contributed by atoms with E-state index in [1.807, 2.05) is 11.3 Å². The van der Waals surface area contributed by atoms with Gasteiger partial charge in [-0.05, 0) is 36.1 Å². The van der Waals surface area contributed by atoms with Gasteiger partial charge in [-0.2, -0.15) is 12.6 Å². The molecule has 0 saturated heterocycles. The highest BCUT2D eigenvalue weighted by Gasteiger charge is 2.17. The summed E-state index contributed by atoms with van der Waals surface area (Å²) in [5.74, 6) is 0.941. The summed E-state index contributed by atoms with van der Waals surface area (Å²) in [6, 6.07) is 4.33. The second-order valence-electron chi connectivity index (χ2n) is 4.89. The van der Waals surface area contributed by atoms with Crippen LogP contribution in [-0.4, -0.2) is 30.8 Å². The van der Waals surface area contributed by atoms with Crippen LogP contribution in [0, 0.1) is 5.41 Å². The standard InChI is InChI=1S/C12H21NS2/c1-12(2,10-14)9-13(3)7-6-11-5-4-8-15-11/h4-5,8,14H,6-7,9-10H2,1-3H3. The molecule has 0 atom stereocenters. The topological polar surface area (TPSA) is 3.24 Å². The van der Waals surface area contributed by atoms with Crippen LogP contribution in [0.15, 0.2) is 17.5 Å². The second kappa shape index (κ2) is 5.92. The van der Waals surface area contributed by atoms with E-state index < -0.39 is 0 Å². The first-order chi connectivity index (χ1) is 7.03. The summed E-state index contributed by atoms with van der Waals surface area (Å²) in [5.41, 5.74) is 0.313. The van der Waals surface area contributed by atoms with Crippen molar-refractivity contribution >= 4 is 24.0 Å². The first-order valence-electron chi connectivity index (χ1n) is 5.35. The second-order valence-corrected chi connectivity index (χ2v) is 6.24. The van der Waals surface area contributed by atoms with Gasteiger partial charge in [0.15, 0.2) is 0 Å². The van der Waals surface area contributed by atoms with E-state index in [2.05, 4.69) is 55.9 Å². The lowest BCUT2D eigenvalue weighted by molar-refractivity contribution is 0.234. The van der Waals surface area contributed by atoms with Gasteiger partial charge in [0.1, 0.15) is 0 Å². The fourth-order valence-electron chi connectivity index (χ4n) is 1.62. The zero-order valence-electron chi connectivity index (χ0n) is 9.86. The maximum absolute atomic E-state index is 4.38. The maximum atomic E-state index is 4.38. The zero-order chi connectivity index (χ0) is 11.3.